The fraction of sp³-hybridized carbons (Fsp3) is 0.462. The summed E-state index contributed by atoms with van der Waals surface area (Å²) in [5.74, 6) is 0.554. The van der Waals surface area contributed by atoms with Crippen molar-refractivity contribution in [2.24, 2.45) is 4.99 Å². The van der Waals surface area contributed by atoms with Crippen molar-refractivity contribution in [3.63, 3.8) is 0 Å². The number of hydrogen-bond acceptors (Lipinski definition) is 7. The van der Waals surface area contributed by atoms with E-state index in [-0.39, 0.29) is 18.0 Å². The summed E-state index contributed by atoms with van der Waals surface area (Å²) in [5.41, 5.74) is 2.85. The zero-order chi connectivity index (χ0) is 27.0. The third-order valence-corrected chi connectivity index (χ3v) is 8.28. The minimum absolute atomic E-state index is 0.210. The molecule has 5 rings (SSSR count). The van der Waals surface area contributed by atoms with E-state index in [1.807, 2.05) is 19.2 Å². The third kappa shape index (κ3) is 5.41. The molecule has 2 fully saturated rings. The van der Waals surface area contributed by atoms with Crippen molar-refractivity contribution in [2.45, 2.75) is 50.7 Å². The number of aliphatic imine (C=N–C) groups is 1. The Labute approximate surface area is 227 Å². The summed E-state index contributed by atoms with van der Waals surface area (Å²) in [6.45, 7) is 7.85. The summed E-state index contributed by atoms with van der Waals surface area (Å²) in [4.78, 5) is 27.0. The van der Waals surface area contributed by atoms with Gasteiger partial charge in [-0.25, -0.2) is 17.9 Å². The number of amides is 1. The number of anilines is 1. The van der Waals surface area contributed by atoms with Gasteiger partial charge >= 0.3 is 0 Å². The molecule has 0 spiro atoms. The molecule has 4 heterocycles. The predicted octanol–water partition coefficient (Wildman–Crippen LogP) is 3.31. The number of fused-ring (bicyclic) bond motifs is 1. The maximum Gasteiger partial charge on any atom is 0.245 e. The second kappa shape index (κ2) is 10.6. The Morgan fingerprint density at radius 1 is 1.24 bits per heavy atom. The quantitative estimate of drug-likeness (QED) is 0.446. The molecule has 2 aromatic heterocycles. The number of rotatable bonds is 7. The Bertz CT molecular complexity index is 1470. The van der Waals surface area contributed by atoms with Gasteiger partial charge in [0.2, 0.25) is 15.9 Å². The lowest BCUT2D eigenvalue weighted by Crippen LogP contribution is -2.46. The normalized spacial score (nSPS) is 21.1. The smallest absolute Gasteiger partial charge is 0.245 e. The van der Waals surface area contributed by atoms with Gasteiger partial charge in [-0.15, -0.1) is 0 Å². The molecular formula is C26H32ClN7O3S. The first kappa shape index (κ1) is 26.6. The SMILES string of the molecule is C=N[C@H]1CCN(c2nc3cc([C@@H]4CCCCN4C(=O)C(NS(C)(=O)=O)c4ccccc4Cl)nn3cc2C)C1. The molecule has 0 aliphatic carbocycles. The molecule has 0 saturated carbocycles. The van der Waals surface area contributed by atoms with Crippen LogP contribution in [-0.4, -0.2) is 72.5 Å². The molecule has 1 aromatic carbocycles. The maximum absolute atomic E-state index is 13.9. The van der Waals surface area contributed by atoms with Crippen molar-refractivity contribution in [3.8, 4) is 0 Å². The molecule has 38 heavy (non-hydrogen) atoms. The van der Waals surface area contributed by atoms with Crippen LogP contribution in [0, 0.1) is 6.92 Å². The molecule has 10 nitrogen and oxygen atoms in total. The van der Waals surface area contributed by atoms with Crippen molar-refractivity contribution in [1.82, 2.24) is 24.2 Å². The van der Waals surface area contributed by atoms with Crippen LogP contribution in [0.3, 0.4) is 0 Å². The highest BCUT2D eigenvalue weighted by atomic mass is 35.5. The first-order valence-corrected chi connectivity index (χ1v) is 15.0. The zero-order valence-corrected chi connectivity index (χ0v) is 23.1. The molecule has 3 aromatic rings. The van der Waals surface area contributed by atoms with Gasteiger partial charge in [-0.2, -0.15) is 9.82 Å². The number of halogens is 1. The highest BCUT2D eigenvalue weighted by molar-refractivity contribution is 7.88. The molecular weight excluding hydrogens is 526 g/mol. The van der Waals surface area contributed by atoms with E-state index in [9.17, 15) is 13.2 Å². The van der Waals surface area contributed by atoms with Crippen LogP contribution in [0.4, 0.5) is 5.82 Å². The summed E-state index contributed by atoms with van der Waals surface area (Å²) in [5, 5.41) is 5.13. The van der Waals surface area contributed by atoms with E-state index in [4.69, 9.17) is 21.7 Å². The lowest BCUT2D eigenvalue weighted by molar-refractivity contribution is -0.137. The van der Waals surface area contributed by atoms with Crippen molar-refractivity contribution in [3.05, 3.63) is 58.4 Å². The van der Waals surface area contributed by atoms with Crippen LogP contribution >= 0.6 is 11.6 Å². The van der Waals surface area contributed by atoms with Crippen molar-refractivity contribution in [1.29, 1.82) is 0 Å². The highest BCUT2D eigenvalue weighted by Crippen LogP contribution is 2.35. The molecule has 2 saturated heterocycles. The second-order valence-corrected chi connectivity index (χ2v) is 12.3. The molecule has 3 atom stereocenters. The summed E-state index contributed by atoms with van der Waals surface area (Å²) in [7, 11) is -3.70. The van der Waals surface area contributed by atoms with E-state index in [0.29, 0.717) is 29.2 Å². The van der Waals surface area contributed by atoms with Crippen LogP contribution in [0.25, 0.3) is 5.65 Å². The Morgan fingerprint density at radius 2 is 2.03 bits per heavy atom. The van der Waals surface area contributed by atoms with E-state index in [1.54, 1.807) is 33.7 Å². The minimum Gasteiger partial charge on any atom is -0.354 e. The van der Waals surface area contributed by atoms with Gasteiger partial charge in [-0.3, -0.25) is 9.79 Å². The van der Waals surface area contributed by atoms with Crippen molar-refractivity contribution in [2.75, 3.05) is 30.8 Å². The lowest BCUT2D eigenvalue weighted by atomic mass is 9.97. The van der Waals surface area contributed by atoms with Crippen LogP contribution in [0.1, 0.15) is 54.6 Å². The highest BCUT2D eigenvalue weighted by Gasteiger charge is 2.36. The predicted molar refractivity (Wildman–Crippen MR) is 148 cm³/mol. The molecule has 12 heteroatoms. The van der Waals surface area contributed by atoms with Gasteiger partial charge < -0.3 is 9.80 Å². The van der Waals surface area contributed by atoms with Gasteiger partial charge in [0.15, 0.2) is 5.65 Å². The number of carbonyl (C=O) groups excluding carboxylic acids is 1. The van der Waals surface area contributed by atoms with E-state index in [1.165, 1.54) is 0 Å². The Balaban J connectivity index is 1.48. The van der Waals surface area contributed by atoms with Crippen LogP contribution < -0.4 is 9.62 Å². The van der Waals surface area contributed by atoms with Crippen LogP contribution in [-0.2, 0) is 14.8 Å². The fourth-order valence-corrected chi connectivity index (χ4v) is 6.33. The molecule has 202 valence electrons. The topological polar surface area (TPSA) is 112 Å². The average Bonchev–Trinajstić information content (AvgIpc) is 3.53. The standard InChI is InChI=1S/C26H32ClN7O3S/c1-17-15-34-23(29-25(17)32-13-11-18(16-32)28-2)14-21(30-34)22-10-6-7-12-33(22)26(35)24(31-38(3,36)37)19-8-4-5-9-20(19)27/h4-5,8-9,14-15,18,22,24,31H,2,6-7,10-13,16H2,1,3H3/t18-,22-,24?/m0/s1. The molecule has 1 amide bonds. The van der Waals surface area contributed by atoms with E-state index >= 15 is 0 Å². The van der Waals surface area contributed by atoms with Crippen LogP contribution in [0.5, 0.6) is 0 Å². The monoisotopic (exact) mass is 557 g/mol. The van der Waals surface area contributed by atoms with Gasteiger partial charge in [-0.05, 0) is 51.0 Å². The summed E-state index contributed by atoms with van der Waals surface area (Å²) < 4.78 is 28.7. The van der Waals surface area contributed by atoms with Crippen LogP contribution in [0.15, 0.2) is 41.5 Å². The minimum atomic E-state index is -3.70. The second-order valence-electron chi connectivity index (χ2n) is 10.1. The number of hydrogen-bond donors (Lipinski definition) is 1. The molecule has 0 bridgehead atoms. The molecule has 1 N–H and O–H groups in total. The van der Waals surface area contributed by atoms with E-state index in [2.05, 4.69) is 21.3 Å². The maximum atomic E-state index is 13.9. The summed E-state index contributed by atoms with van der Waals surface area (Å²) in [6, 6.07) is 7.49. The molecule has 2 aliphatic heterocycles. The zero-order valence-electron chi connectivity index (χ0n) is 21.5. The van der Waals surface area contributed by atoms with Gasteiger partial charge in [0.25, 0.3) is 0 Å². The average molecular weight is 558 g/mol. The summed E-state index contributed by atoms with van der Waals surface area (Å²) in [6.07, 6.45) is 6.42. The van der Waals surface area contributed by atoms with Gasteiger partial charge in [-0.1, -0.05) is 29.8 Å². The molecule has 1 unspecified atom stereocenters. The number of carbonyl (C=O) groups is 1. The number of sulfonamides is 1. The van der Waals surface area contributed by atoms with Crippen molar-refractivity contribution < 1.29 is 13.2 Å². The largest absolute Gasteiger partial charge is 0.354 e. The Kier molecular flexibility index (Phi) is 7.43. The van der Waals surface area contributed by atoms with Gasteiger partial charge in [0.05, 0.1) is 24.0 Å². The molecule has 2 aliphatic rings. The van der Waals surface area contributed by atoms with Crippen LogP contribution in [0.2, 0.25) is 5.02 Å². The van der Waals surface area contributed by atoms with Gasteiger partial charge in [0.1, 0.15) is 11.9 Å². The number of aromatic nitrogens is 3. The van der Waals surface area contributed by atoms with Crippen molar-refractivity contribution >= 4 is 45.7 Å². The lowest BCUT2D eigenvalue weighted by Gasteiger charge is -2.37. The van der Waals surface area contributed by atoms with Gasteiger partial charge in [0, 0.05) is 42.5 Å². The number of benzene rings is 1. The summed E-state index contributed by atoms with van der Waals surface area (Å²) >= 11 is 6.40. The fourth-order valence-electron chi connectivity index (χ4n) is 5.42. The first-order chi connectivity index (χ1) is 18.1. The number of piperidine rings is 1. The van der Waals surface area contributed by atoms with E-state index < -0.39 is 16.1 Å². The van der Waals surface area contributed by atoms with E-state index in [0.717, 1.165) is 55.7 Å². The molecule has 0 radical (unpaired) electrons. The number of aryl methyl sites for hydroxylation is 1. The number of nitrogens with one attached hydrogen (secondary N) is 1. The third-order valence-electron chi connectivity index (χ3n) is 7.27. The first-order valence-electron chi connectivity index (χ1n) is 12.7. The Hall–Kier alpha value is -3.02. The number of likely N-dealkylation sites (tertiary alicyclic amines) is 1. The Morgan fingerprint density at radius 3 is 2.74 bits per heavy atom. The number of nitrogens with zero attached hydrogens (tertiary/aromatic N) is 6.